The smallest absolute Gasteiger partial charge is 0.318 e. The molecular weight excluding hydrogens is 543 g/mol. The van der Waals surface area contributed by atoms with Gasteiger partial charge in [0.25, 0.3) is 11.6 Å². The maximum atomic E-state index is 13.8. The van der Waals surface area contributed by atoms with Crippen LogP contribution >= 0.6 is 15.9 Å². The Balaban J connectivity index is 1.96. The lowest BCUT2D eigenvalue weighted by atomic mass is 10.1. The molecule has 0 aliphatic rings. The Hall–Kier alpha value is -4.83. The molecule has 182 valence electrons. The summed E-state index contributed by atoms with van der Waals surface area (Å²) < 4.78 is 25.0. The number of nitro groups is 2. The van der Waals surface area contributed by atoms with Crippen LogP contribution in [0.3, 0.4) is 0 Å². The van der Waals surface area contributed by atoms with E-state index in [1.165, 1.54) is 43.5 Å². The van der Waals surface area contributed by atoms with Crippen molar-refractivity contribution in [2.75, 3.05) is 12.4 Å². The minimum absolute atomic E-state index is 0.000851. The number of halogens is 2. The van der Waals surface area contributed by atoms with Gasteiger partial charge in [0.2, 0.25) is 5.75 Å². The zero-order valence-corrected chi connectivity index (χ0v) is 19.8. The van der Waals surface area contributed by atoms with Crippen LogP contribution < -0.4 is 14.8 Å². The second-order valence-corrected chi connectivity index (χ2v) is 7.76. The van der Waals surface area contributed by atoms with E-state index in [1.54, 1.807) is 6.07 Å². The van der Waals surface area contributed by atoms with Gasteiger partial charge in [-0.25, -0.2) is 4.39 Å². The molecule has 3 aromatic rings. The van der Waals surface area contributed by atoms with Gasteiger partial charge < -0.3 is 14.8 Å². The third kappa shape index (κ3) is 5.80. The Kier molecular flexibility index (Phi) is 7.92. The molecule has 0 spiro atoms. The molecular formula is C23H14BrFN4O7. The molecule has 0 unspecified atom stereocenters. The van der Waals surface area contributed by atoms with E-state index >= 15 is 0 Å². The van der Waals surface area contributed by atoms with E-state index in [9.17, 15) is 34.7 Å². The molecule has 0 atom stereocenters. The van der Waals surface area contributed by atoms with Gasteiger partial charge >= 0.3 is 5.69 Å². The number of rotatable bonds is 8. The summed E-state index contributed by atoms with van der Waals surface area (Å²) >= 11 is 3.26. The number of nitro benzene ring substituents is 2. The third-order valence-corrected chi connectivity index (χ3v) is 5.20. The predicted molar refractivity (Wildman–Crippen MR) is 129 cm³/mol. The first kappa shape index (κ1) is 25.8. The number of hydrogen-bond donors (Lipinski definition) is 1. The summed E-state index contributed by atoms with van der Waals surface area (Å²) in [5.41, 5.74) is -1.26. The molecule has 0 aliphatic heterocycles. The first-order chi connectivity index (χ1) is 17.1. The number of ether oxygens (including phenoxy) is 2. The van der Waals surface area contributed by atoms with Gasteiger partial charge in [0.05, 0.1) is 33.2 Å². The predicted octanol–water partition coefficient (Wildman–Crippen LogP) is 5.75. The first-order valence-corrected chi connectivity index (χ1v) is 10.6. The summed E-state index contributed by atoms with van der Waals surface area (Å²) in [5, 5.41) is 34.1. The number of nitrogens with one attached hydrogen (secondary N) is 1. The molecule has 3 rings (SSSR count). The van der Waals surface area contributed by atoms with Crippen molar-refractivity contribution in [2.45, 2.75) is 0 Å². The number of para-hydroxylation sites is 1. The maximum Gasteiger partial charge on any atom is 0.318 e. The Bertz CT molecular complexity index is 1450. The Morgan fingerprint density at radius 3 is 2.44 bits per heavy atom. The van der Waals surface area contributed by atoms with E-state index < -0.39 is 32.9 Å². The molecule has 1 amide bonds. The highest BCUT2D eigenvalue weighted by atomic mass is 79.9. The third-order valence-electron chi connectivity index (χ3n) is 4.61. The highest BCUT2D eigenvalue weighted by molar-refractivity contribution is 9.10. The van der Waals surface area contributed by atoms with Crippen LogP contribution in [0.2, 0.25) is 0 Å². The molecule has 0 saturated carbocycles. The molecule has 11 nitrogen and oxygen atoms in total. The molecule has 0 bridgehead atoms. The van der Waals surface area contributed by atoms with E-state index in [0.717, 1.165) is 24.3 Å². The van der Waals surface area contributed by atoms with Crippen molar-refractivity contribution >= 4 is 45.0 Å². The summed E-state index contributed by atoms with van der Waals surface area (Å²) in [6.45, 7) is 0. The second kappa shape index (κ2) is 11.1. The van der Waals surface area contributed by atoms with Crippen LogP contribution in [0.1, 0.15) is 5.56 Å². The summed E-state index contributed by atoms with van der Waals surface area (Å²) in [6, 6.07) is 12.9. The van der Waals surface area contributed by atoms with E-state index in [2.05, 4.69) is 21.2 Å². The Morgan fingerprint density at radius 1 is 1.11 bits per heavy atom. The molecule has 1 N–H and O–H groups in total. The van der Waals surface area contributed by atoms with Crippen LogP contribution in [0.25, 0.3) is 6.08 Å². The zero-order valence-electron chi connectivity index (χ0n) is 18.2. The standard InChI is InChI=1S/C23H14BrFN4O7/c1-35-21-10-13(8-14(12-26)23(30)27-18-5-3-2-4-17(18)25)9-16(24)22(21)36-20-7-6-15(28(31)32)11-19(20)29(33)34/h2-11H,1H3,(H,27,30)/b14-8-. The first-order valence-electron chi connectivity index (χ1n) is 9.80. The van der Waals surface area contributed by atoms with Crippen LogP contribution in [-0.2, 0) is 4.79 Å². The number of methoxy groups -OCH3 is 1. The van der Waals surface area contributed by atoms with E-state index in [4.69, 9.17) is 9.47 Å². The Morgan fingerprint density at radius 2 is 1.83 bits per heavy atom. The molecule has 3 aromatic carbocycles. The number of carbonyl (C=O) groups is 1. The molecule has 0 aliphatic carbocycles. The lowest BCUT2D eigenvalue weighted by Crippen LogP contribution is -2.14. The van der Waals surface area contributed by atoms with Gasteiger partial charge in [0.1, 0.15) is 17.5 Å². The molecule has 0 radical (unpaired) electrons. The van der Waals surface area contributed by atoms with Crippen LogP contribution in [0, 0.1) is 37.4 Å². The van der Waals surface area contributed by atoms with Crippen LogP contribution in [-0.4, -0.2) is 22.9 Å². The van der Waals surface area contributed by atoms with E-state index in [-0.39, 0.29) is 33.0 Å². The molecule has 0 heterocycles. The minimum atomic E-state index is -0.848. The van der Waals surface area contributed by atoms with Crippen molar-refractivity contribution in [1.29, 1.82) is 5.26 Å². The van der Waals surface area contributed by atoms with Gasteiger partial charge in [0.15, 0.2) is 11.5 Å². The fourth-order valence-corrected chi connectivity index (χ4v) is 3.49. The molecule has 13 heteroatoms. The number of nitriles is 1. The van der Waals surface area contributed by atoms with Crippen LogP contribution in [0.5, 0.6) is 17.2 Å². The highest BCUT2D eigenvalue weighted by Gasteiger charge is 2.23. The van der Waals surface area contributed by atoms with Gasteiger partial charge in [-0.05, 0) is 57.9 Å². The molecule has 36 heavy (non-hydrogen) atoms. The second-order valence-electron chi connectivity index (χ2n) is 6.91. The molecule has 0 aromatic heterocycles. The quantitative estimate of drug-likeness (QED) is 0.159. The van der Waals surface area contributed by atoms with Crippen molar-refractivity contribution in [2.24, 2.45) is 0 Å². The van der Waals surface area contributed by atoms with Gasteiger partial charge in [-0.3, -0.25) is 25.0 Å². The monoisotopic (exact) mass is 556 g/mol. The maximum absolute atomic E-state index is 13.8. The minimum Gasteiger partial charge on any atom is -0.493 e. The number of nitrogens with zero attached hydrogens (tertiary/aromatic N) is 3. The van der Waals surface area contributed by atoms with Gasteiger partial charge in [-0.2, -0.15) is 5.26 Å². The fourth-order valence-electron chi connectivity index (χ4n) is 2.95. The summed E-state index contributed by atoms with van der Waals surface area (Å²) in [6.07, 6.45) is 1.22. The van der Waals surface area contributed by atoms with Crippen molar-refractivity contribution in [1.82, 2.24) is 0 Å². The van der Waals surface area contributed by atoms with Crippen molar-refractivity contribution in [3.63, 3.8) is 0 Å². The summed E-state index contributed by atoms with van der Waals surface area (Å²) in [7, 11) is 1.29. The van der Waals surface area contributed by atoms with Gasteiger partial charge in [-0.15, -0.1) is 0 Å². The van der Waals surface area contributed by atoms with Crippen LogP contribution in [0.15, 0.2) is 64.6 Å². The lowest BCUT2D eigenvalue weighted by Gasteiger charge is -2.13. The largest absolute Gasteiger partial charge is 0.493 e. The fraction of sp³-hybridized carbons (Fsp3) is 0.0435. The summed E-state index contributed by atoms with van der Waals surface area (Å²) in [4.78, 5) is 33.2. The number of benzene rings is 3. The topological polar surface area (TPSA) is 158 Å². The zero-order chi connectivity index (χ0) is 26.4. The summed E-state index contributed by atoms with van der Waals surface area (Å²) in [5.74, 6) is -1.74. The molecule has 0 fully saturated rings. The number of amides is 1. The van der Waals surface area contributed by atoms with Crippen molar-refractivity contribution < 1.29 is 28.5 Å². The highest BCUT2D eigenvalue weighted by Crippen LogP contribution is 2.43. The number of carbonyl (C=O) groups excluding carboxylic acids is 1. The normalized spacial score (nSPS) is 10.8. The van der Waals surface area contributed by atoms with Crippen LogP contribution in [0.4, 0.5) is 21.5 Å². The number of non-ortho nitro benzene ring substituents is 1. The number of anilines is 1. The number of hydrogen-bond acceptors (Lipinski definition) is 8. The van der Waals surface area contributed by atoms with E-state index in [1.807, 2.05) is 0 Å². The average molecular weight is 557 g/mol. The van der Waals surface area contributed by atoms with Crippen molar-refractivity contribution in [3.05, 3.63) is 96.3 Å². The SMILES string of the molecule is COc1cc(/C=C(/C#N)C(=O)Nc2ccccc2F)cc(Br)c1Oc1ccc([N+](=O)[O-])cc1[N+](=O)[O-]. The van der Waals surface area contributed by atoms with Gasteiger partial charge in [-0.1, -0.05) is 12.1 Å². The van der Waals surface area contributed by atoms with Gasteiger partial charge in [0, 0.05) is 6.07 Å². The molecule has 0 saturated heterocycles. The Labute approximate surface area is 210 Å². The van der Waals surface area contributed by atoms with Crippen molar-refractivity contribution in [3.8, 4) is 23.3 Å². The lowest BCUT2D eigenvalue weighted by molar-refractivity contribution is -0.394. The average Bonchev–Trinajstić information content (AvgIpc) is 2.85. The van der Waals surface area contributed by atoms with E-state index in [0.29, 0.717) is 5.56 Å².